The quantitative estimate of drug-likeness (QED) is 0.595. The van der Waals surface area contributed by atoms with Crippen molar-refractivity contribution in [3.63, 3.8) is 0 Å². The van der Waals surface area contributed by atoms with E-state index in [4.69, 9.17) is 5.11 Å². The number of aldehydes is 1. The Bertz CT molecular complexity index is 289. The summed E-state index contributed by atoms with van der Waals surface area (Å²) in [4.78, 5) is 22.2. The molecule has 0 fully saturated rings. The number of carbonyl (C=O) groups excluding carboxylic acids is 2. The Balaban J connectivity index is 0.00000137. The van der Waals surface area contributed by atoms with E-state index in [1.54, 1.807) is 0 Å². The standard InChI is InChI=1S/C13H21NO2.CH4O/c1-11-5-3-4-7-13(2,8-6-11)12(16)14-9-10-15;1-2/h3,5,10-11H,4,6-9H2,1-2H3,(H,14,16);2H,1H3/b5-3+;. The van der Waals surface area contributed by atoms with Crippen LogP contribution in [0.4, 0.5) is 0 Å². The molecule has 0 saturated carbocycles. The fourth-order valence-electron chi connectivity index (χ4n) is 2.07. The van der Waals surface area contributed by atoms with E-state index in [0.29, 0.717) is 5.92 Å². The summed E-state index contributed by atoms with van der Waals surface area (Å²) in [5.74, 6) is 0.556. The molecule has 18 heavy (non-hydrogen) atoms. The fraction of sp³-hybridized carbons (Fsp3) is 0.714. The fourth-order valence-corrected chi connectivity index (χ4v) is 2.07. The SMILES string of the molecule is CC1/C=C/CCC(C)(C(=O)NCC=O)CC1.CO. The number of aliphatic hydroxyl groups excluding tert-OH is 1. The first kappa shape index (κ1) is 16.8. The van der Waals surface area contributed by atoms with Crippen molar-refractivity contribution in [3.8, 4) is 0 Å². The molecular formula is C14H25NO3. The van der Waals surface area contributed by atoms with Gasteiger partial charge in [-0.3, -0.25) is 4.79 Å². The van der Waals surface area contributed by atoms with Crippen LogP contribution in [0.5, 0.6) is 0 Å². The summed E-state index contributed by atoms with van der Waals surface area (Å²) in [5.41, 5.74) is -0.317. The first-order chi connectivity index (χ1) is 8.58. The van der Waals surface area contributed by atoms with Crippen molar-refractivity contribution in [2.24, 2.45) is 11.3 Å². The van der Waals surface area contributed by atoms with Crippen LogP contribution in [0.1, 0.15) is 39.5 Å². The van der Waals surface area contributed by atoms with Crippen molar-refractivity contribution in [2.75, 3.05) is 13.7 Å². The largest absolute Gasteiger partial charge is 0.400 e. The van der Waals surface area contributed by atoms with E-state index in [1.165, 1.54) is 0 Å². The van der Waals surface area contributed by atoms with Gasteiger partial charge in [-0.1, -0.05) is 26.0 Å². The van der Waals surface area contributed by atoms with Gasteiger partial charge in [-0.15, -0.1) is 0 Å². The van der Waals surface area contributed by atoms with Gasteiger partial charge < -0.3 is 15.2 Å². The molecular weight excluding hydrogens is 230 g/mol. The Morgan fingerprint density at radius 3 is 2.78 bits per heavy atom. The van der Waals surface area contributed by atoms with Crippen LogP contribution in [-0.4, -0.2) is 31.0 Å². The van der Waals surface area contributed by atoms with Gasteiger partial charge in [0.2, 0.25) is 5.91 Å². The summed E-state index contributed by atoms with van der Waals surface area (Å²) in [6.45, 7) is 4.30. The molecule has 1 aliphatic carbocycles. The van der Waals surface area contributed by atoms with Crippen molar-refractivity contribution >= 4 is 12.2 Å². The monoisotopic (exact) mass is 255 g/mol. The second kappa shape index (κ2) is 8.86. The number of hydrogen-bond acceptors (Lipinski definition) is 3. The van der Waals surface area contributed by atoms with Gasteiger partial charge in [0.25, 0.3) is 0 Å². The molecule has 0 bridgehead atoms. The highest BCUT2D eigenvalue weighted by Crippen LogP contribution is 2.33. The van der Waals surface area contributed by atoms with E-state index in [0.717, 1.165) is 39.1 Å². The van der Waals surface area contributed by atoms with Gasteiger partial charge in [-0.05, 0) is 31.6 Å². The minimum Gasteiger partial charge on any atom is -0.400 e. The summed E-state index contributed by atoms with van der Waals surface area (Å²) >= 11 is 0. The second-order valence-corrected chi connectivity index (χ2v) is 4.92. The van der Waals surface area contributed by atoms with Crippen LogP contribution in [0.15, 0.2) is 12.2 Å². The lowest BCUT2D eigenvalue weighted by Gasteiger charge is -2.30. The van der Waals surface area contributed by atoms with Crippen molar-refractivity contribution in [3.05, 3.63) is 12.2 Å². The van der Waals surface area contributed by atoms with Crippen LogP contribution >= 0.6 is 0 Å². The van der Waals surface area contributed by atoms with Gasteiger partial charge in [0.15, 0.2) is 0 Å². The Morgan fingerprint density at radius 2 is 2.17 bits per heavy atom. The lowest BCUT2D eigenvalue weighted by Crippen LogP contribution is -2.40. The van der Waals surface area contributed by atoms with E-state index in [2.05, 4.69) is 24.4 Å². The molecule has 1 rings (SSSR count). The van der Waals surface area contributed by atoms with Gasteiger partial charge in [-0.2, -0.15) is 0 Å². The molecule has 0 aliphatic heterocycles. The zero-order chi connectivity index (χ0) is 14.0. The summed E-state index contributed by atoms with van der Waals surface area (Å²) in [7, 11) is 1.00. The Kier molecular flexibility index (Phi) is 8.29. The average molecular weight is 255 g/mol. The van der Waals surface area contributed by atoms with Crippen LogP contribution in [-0.2, 0) is 9.59 Å². The highest BCUT2D eigenvalue weighted by molar-refractivity contribution is 5.83. The van der Waals surface area contributed by atoms with Crippen molar-refractivity contribution in [1.82, 2.24) is 5.32 Å². The summed E-state index contributed by atoms with van der Waals surface area (Å²) in [6, 6.07) is 0. The molecule has 104 valence electrons. The normalized spacial score (nSPS) is 29.0. The Labute approximate surface area is 109 Å². The third kappa shape index (κ3) is 5.45. The number of hydrogen-bond donors (Lipinski definition) is 2. The number of allylic oxidation sites excluding steroid dienone is 2. The molecule has 0 heterocycles. The number of aliphatic hydroxyl groups is 1. The zero-order valence-corrected chi connectivity index (χ0v) is 11.6. The lowest BCUT2D eigenvalue weighted by molar-refractivity contribution is -0.131. The molecule has 0 aromatic carbocycles. The van der Waals surface area contributed by atoms with Gasteiger partial charge in [-0.25, -0.2) is 0 Å². The van der Waals surface area contributed by atoms with Crippen LogP contribution in [0, 0.1) is 11.3 Å². The predicted molar refractivity (Wildman–Crippen MR) is 72.1 cm³/mol. The maximum Gasteiger partial charge on any atom is 0.226 e. The number of carbonyl (C=O) groups is 2. The van der Waals surface area contributed by atoms with Gasteiger partial charge >= 0.3 is 0 Å². The predicted octanol–water partition coefficient (Wildman–Crippen LogP) is 1.68. The second-order valence-electron chi connectivity index (χ2n) is 4.92. The first-order valence-electron chi connectivity index (χ1n) is 6.42. The van der Waals surface area contributed by atoms with Gasteiger partial charge in [0.05, 0.1) is 6.54 Å². The third-order valence-corrected chi connectivity index (χ3v) is 3.37. The van der Waals surface area contributed by atoms with Crippen LogP contribution in [0.25, 0.3) is 0 Å². The third-order valence-electron chi connectivity index (χ3n) is 3.37. The average Bonchev–Trinajstić information content (AvgIpc) is 2.39. The Morgan fingerprint density at radius 1 is 1.50 bits per heavy atom. The summed E-state index contributed by atoms with van der Waals surface area (Å²) in [6.07, 6.45) is 8.84. The van der Waals surface area contributed by atoms with Crippen molar-refractivity contribution < 1.29 is 14.7 Å². The molecule has 0 aromatic rings. The van der Waals surface area contributed by atoms with Crippen LogP contribution < -0.4 is 5.32 Å². The number of nitrogens with one attached hydrogen (secondary N) is 1. The van der Waals surface area contributed by atoms with E-state index in [-0.39, 0.29) is 17.9 Å². The minimum absolute atomic E-state index is 0.0158. The van der Waals surface area contributed by atoms with E-state index >= 15 is 0 Å². The molecule has 1 aliphatic rings. The van der Waals surface area contributed by atoms with Crippen LogP contribution in [0.2, 0.25) is 0 Å². The zero-order valence-electron chi connectivity index (χ0n) is 11.6. The molecule has 1 amide bonds. The van der Waals surface area contributed by atoms with E-state index in [1.807, 2.05) is 6.92 Å². The van der Waals surface area contributed by atoms with Crippen LogP contribution in [0.3, 0.4) is 0 Å². The molecule has 2 atom stereocenters. The Hall–Kier alpha value is -1.16. The maximum absolute atomic E-state index is 12.0. The smallest absolute Gasteiger partial charge is 0.226 e. The molecule has 2 unspecified atom stereocenters. The minimum atomic E-state index is -0.317. The van der Waals surface area contributed by atoms with Crippen molar-refractivity contribution in [2.45, 2.75) is 39.5 Å². The highest BCUT2D eigenvalue weighted by atomic mass is 16.2. The molecule has 0 spiro atoms. The topological polar surface area (TPSA) is 66.4 Å². The molecule has 0 saturated heterocycles. The maximum atomic E-state index is 12.0. The van der Waals surface area contributed by atoms with Crippen molar-refractivity contribution in [1.29, 1.82) is 0 Å². The molecule has 4 heteroatoms. The van der Waals surface area contributed by atoms with E-state index < -0.39 is 0 Å². The molecule has 4 nitrogen and oxygen atoms in total. The number of amides is 1. The number of rotatable bonds is 3. The van der Waals surface area contributed by atoms with Gasteiger partial charge in [0, 0.05) is 12.5 Å². The highest BCUT2D eigenvalue weighted by Gasteiger charge is 2.32. The summed E-state index contributed by atoms with van der Waals surface area (Å²) < 4.78 is 0. The van der Waals surface area contributed by atoms with E-state index in [9.17, 15) is 9.59 Å². The first-order valence-corrected chi connectivity index (χ1v) is 6.42. The molecule has 2 N–H and O–H groups in total. The lowest BCUT2D eigenvalue weighted by atomic mass is 9.77. The molecule has 0 aromatic heterocycles. The van der Waals surface area contributed by atoms with Gasteiger partial charge in [0.1, 0.15) is 6.29 Å². The molecule has 0 radical (unpaired) electrons. The summed E-state index contributed by atoms with van der Waals surface area (Å²) in [5, 5.41) is 9.67.